The maximum absolute atomic E-state index is 12.4. The Balaban J connectivity index is 1.36. The van der Waals surface area contributed by atoms with Crippen LogP contribution >= 0.6 is 0 Å². The van der Waals surface area contributed by atoms with Crippen molar-refractivity contribution in [2.45, 2.75) is 38.9 Å². The summed E-state index contributed by atoms with van der Waals surface area (Å²) in [5, 5.41) is 0. The molecule has 0 unspecified atom stereocenters. The third-order valence-electron chi connectivity index (χ3n) is 5.63. The van der Waals surface area contributed by atoms with Gasteiger partial charge >= 0.3 is 6.09 Å². The number of carbonyl (C=O) groups excluding carboxylic acids is 1. The van der Waals surface area contributed by atoms with Crippen molar-refractivity contribution in [3.63, 3.8) is 0 Å². The monoisotopic (exact) mass is 461 g/mol. The second-order valence-electron chi connectivity index (χ2n) is 9.32. The maximum atomic E-state index is 12.4. The van der Waals surface area contributed by atoms with Crippen molar-refractivity contribution in [1.29, 1.82) is 0 Å². The van der Waals surface area contributed by atoms with Crippen LogP contribution in [-0.4, -0.2) is 64.9 Å². The smallest absolute Gasteiger partial charge is 0.410 e. The Labute approximate surface area is 197 Å². The van der Waals surface area contributed by atoms with Gasteiger partial charge in [-0.05, 0) is 45.0 Å². The first-order valence-electron chi connectivity index (χ1n) is 11.2. The number of likely N-dealkylation sites (tertiary alicyclic amines) is 1. The minimum Gasteiger partial charge on any atom is -0.471 e. The van der Waals surface area contributed by atoms with Gasteiger partial charge in [0, 0.05) is 43.7 Å². The predicted octanol–water partition coefficient (Wildman–Crippen LogP) is 3.60. The Morgan fingerprint density at radius 3 is 2.65 bits per heavy atom. The van der Waals surface area contributed by atoms with Gasteiger partial charge in [0.2, 0.25) is 5.88 Å². The van der Waals surface area contributed by atoms with E-state index < -0.39 is 5.60 Å². The number of carbonyl (C=O) groups is 1. The summed E-state index contributed by atoms with van der Waals surface area (Å²) in [6, 6.07) is 8.06. The molecule has 1 amide bonds. The average Bonchev–Trinajstić information content (AvgIpc) is 3.54. The molecule has 0 spiro atoms. The van der Waals surface area contributed by atoms with Crippen molar-refractivity contribution < 1.29 is 14.3 Å². The van der Waals surface area contributed by atoms with Crippen LogP contribution < -0.4 is 4.74 Å². The topological polar surface area (TPSA) is 100 Å². The normalized spacial score (nSPS) is 16.2. The van der Waals surface area contributed by atoms with Crippen LogP contribution in [0.25, 0.3) is 28.2 Å². The van der Waals surface area contributed by atoms with Crippen molar-refractivity contribution >= 4 is 17.3 Å². The molecule has 5 rings (SSSR count). The van der Waals surface area contributed by atoms with Crippen molar-refractivity contribution in [2.24, 2.45) is 7.05 Å². The van der Waals surface area contributed by atoms with Crippen LogP contribution in [0.1, 0.15) is 27.2 Å². The van der Waals surface area contributed by atoms with E-state index in [4.69, 9.17) is 14.5 Å². The molecule has 3 aromatic heterocycles. The van der Waals surface area contributed by atoms with Gasteiger partial charge in [-0.1, -0.05) is 0 Å². The lowest BCUT2D eigenvalue weighted by Gasteiger charge is -2.24. The molecule has 0 radical (unpaired) electrons. The van der Waals surface area contributed by atoms with E-state index in [1.807, 2.05) is 67.4 Å². The van der Waals surface area contributed by atoms with Crippen LogP contribution in [0.3, 0.4) is 0 Å². The molecule has 4 heterocycles. The van der Waals surface area contributed by atoms with Gasteiger partial charge in [0.1, 0.15) is 23.9 Å². The average molecular weight is 462 g/mol. The van der Waals surface area contributed by atoms with Crippen molar-refractivity contribution in [3.8, 4) is 23.0 Å². The highest BCUT2D eigenvalue weighted by molar-refractivity contribution is 5.81. The second kappa shape index (κ2) is 8.44. The molecule has 1 aliphatic rings. The largest absolute Gasteiger partial charge is 0.471 e. The maximum Gasteiger partial charge on any atom is 0.410 e. The van der Waals surface area contributed by atoms with E-state index in [9.17, 15) is 4.79 Å². The Kier molecular flexibility index (Phi) is 5.43. The highest BCUT2D eigenvalue weighted by atomic mass is 16.6. The number of aryl methyl sites for hydroxylation is 1. The predicted molar refractivity (Wildman–Crippen MR) is 126 cm³/mol. The highest BCUT2D eigenvalue weighted by Crippen LogP contribution is 2.29. The molecule has 1 fully saturated rings. The molecule has 1 aliphatic heterocycles. The zero-order valence-electron chi connectivity index (χ0n) is 19.7. The fourth-order valence-electron chi connectivity index (χ4n) is 3.99. The molecule has 1 atom stereocenters. The number of imidazole rings is 2. The molecule has 0 bridgehead atoms. The summed E-state index contributed by atoms with van der Waals surface area (Å²) >= 11 is 0. The molecule has 1 saturated heterocycles. The number of amides is 1. The van der Waals surface area contributed by atoms with E-state index in [2.05, 4.69) is 15.0 Å². The van der Waals surface area contributed by atoms with Gasteiger partial charge in [-0.15, -0.1) is 0 Å². The summed E-state index contributed by atoms with van der Waals surface area (Å²) in [5.41, 5.74) is 2.71. The lowest BCUT2D eigenvalue weighted by molar-refractivity contribution is 0.0275. The number of nitrogens with zero attached hydrogens (tertiary/aromatic N) is 7. The number of aromatic nitrogens is 6. The lowest BCUT2D eigenvalue weighted by atomic mass is 10.2. The van der Waals surface area contributed by atoms with E-state index in [-0.39, 0.29) is 12.2 Å². The molecular weight excluding hydrogens is 434 g/mol. The second-order valence-corrected chi connectivity index (χ2v) is 9.32. The number of fused-ring (bicyclic) bond motifs is 1. The van der Waals surface area contributed by atoms with Crippen LogP contribution in [0.2, 0.25) is 0 Å². The van der Waals surface area contributed by atoms with Crippen molar-refractivity contribution in [3.05, 3.63) is 49.3 Å². The first-order chi connectivity index (χ1) is 16.3. The Morgan fingerprint density at radius 1 is 1.15 bits per heavy atom. The summed E-state index contributed by atoms with van der Waals surface area (Å²) in [6.45, 7) is 6.59. The lowest BCUT2D eigenvalue weighted by Crippen LogP contribution is -2.36. The minimum atomic E-state index is -0.532. The third kappa shape index (κ3) is 4.30. The van der Waals surface area contributed by atoms with Crippen LogP contribution in [0.5, 0.6) is 5.88 Å². The Bertz CT molecular complexity index is 1310. The zero-order chi connectivity index (χ0) is 23.9. The summed E-state index contributed by atoms with van der Waals surface area (Å²) < 4.78 is 15.5. The van der Waals surface area contributed by atoms with Gasteiger partial charge in [0.25, 0.3) is 0 Å². The van der Waals surface area contributed by atoms with Crippen LogP contribution in [0, 0.1) is 0 Å². The highest BCUT2D eigenvalue weighted by Gasteiger charge is 2.31. The molecule has 34 heavy (non-hydrogen) atoms. The number of ether oxygens (including phenoxy) is 2. The SMILES string of the molecule is Cn1c(-c2ccc(-n3ccnc3)cc2)nc2c(O[C@H]3CCN(C(=O)OC(C)(C)C)C3)ncnc21. The number of hydrogen-bond donors (Lipinski definition) is 0. The van der Waals surface area contributed by atoms with Crippen LogP contribution in [0.15, 0.2) is 49.3 Å². The molecule has 4 aromatic rings. The number of rotatable bonds is 4. The quantitative estimate of drug-likeness (QED) is 0.458. The van der Waals surface area contributed by atoms with E-state index in [0.717, 1.165) is 17.1 Å². The zero-order valence-corrected chi connectivity index (χ0v) is 19.7. The van der Waals surface area contributed by atoms with E-state index in [1.165, 1.54) is 6.33 Å². The molecular formula is C24H27N7O3. The standard InChI is InChI=1S/C24H27N7O3/c1-24(2,3)34-23(32)30-11-9-18(13-30)33-22-19-21(26-14-27-22)29(4)20(28-19)16-5-7-17(8-6-16)31-12-10-25-15-31/h5-8,10,12,14-15,18H,9,11,13H2,1-4H3/t18-/m0/s1. The first-order valence-corrected chi connectivity index (χ1v) is 11.2. The molecule has 1 aromatic carbocycles. The van der Waals surface area contributed by atoms with Crippen LogP contribution in [-0.2, 0) is 11.8 Å². The van der Waals surface area contributed by atoms with E-state index in [0.29, 0.717) is 36.6 Å². The Morgan fingerprint density at radius 2 is 1.94 bits per heavy atom. The summed E-state index contributed by atoms with van der Waals surface area (Å²) in [6.07, 6.45) is 7.06. The molecule has 0 N–H and O–H groups in total. The van der Waals surface area contributed by atoms with Gasteiger partial charge in [-0.25, -0.2) is 19.7 Å². The summed E-state index contributed by atoms with van der Waals surface area (Å²) in [5.74, 6) is 1.18. The van der Waals surface area contributed by atoms with E-state index in [1.54, 1.807) is 17.4 Å². The molecule has 10 heteroatoms. The van der Waals surface area contributed by atoms with Crippen molar-refractivity contribution in [2.75, 3.05) is 13.1 Å². The fourth-order valence-corrected chi connectivity index (χ4v) is 3.99. The first kappa shape index (κ1) is 21.9. The third-order valence-corrected chi connectivity index (χ3v) is 5.63. The van der Waals surface area contributed by atoms with Gasteiger partial charge in [0.15, 0.2) is 11.2 Å². The van der Waals surface area contributed by atoms with Gasteiger partial charge in [0.05, 0.1) is 12.9 Å². The van der Waals surface area contributed by atoms with Crippen LogP contribution in [0.4, 0.5) is 4.79 Å². The summed E-state index contributed by atoms with van der Waals surface area (Å²) in [4.78, 5) is 31.7. The molecule has 176 valence electrons. The number of benzene rings is 1. The minimum absolute atomic E-state index is 0.189. The molecule has 10 nitrogen and oxygen atoms in total. The van der Waals surface area contributed by atoms with Gasteiger partial charge in [-0.2, -0.15) is 4.98 Å². The summed E-state index contributed by atoms with van der Waals surface area (Å²) in [7, 11) is 1.92. The number of hydrogen-bond acceptors (Lipinski definition) is 7. The van der Waals surface area contributed by atoms with Crippen molar-refractivity contribution in [1.82, 2.24) is 34.0 Å². The molecule has 0 saturated carbocycles. The van der Waals surface area contributed by atoms with Gasteiger partial charge in [-0.3, -0.25) is 0 Å². The molecule has 0 aliphatic carbocycles. The van der Waals surface area contributed by atoms with E-state index >= 15 is 0 Å². The Hall–Kier alpha value is -3.95. The fraction of sp³-hybridized carbons (Fsp3) is 0.375. The van der Waals surface area contributed by atoms with Gasteiger partial charge < -0.3 is 23.5 Å².